The van der Waals surface area contributed by atoms with E-state index < -0.39 is 6.10 Å². The number of nitrogens with two attached hydrogens (primary N) is 1. The first kappa shape index (κ1) is 8.97. The fourth-order valence-electron chi connectivity index (χ4n) is 1.00. The van der Waals surface area contributed by atoms with Crippen molar-refractivity contribution in [3.05, 3.63) is 0 Å². The molecule has 0 aromatic rings. The molecule has 0 amide bonds. The van der Waals surface area contributed by atoms with E-state index in [-0.39, 0.29) is 11.7 Å². The third-order valence-electron chi connectivity index (χ3n) is 2.29. The van der Waals surface area contributed by atoms with Gasteiger partial charge in [0, 0.05) is 6.54 Å². The Morgan fingerprint density at radius 1 is 1.55 bits per heavy atom. The van der Waals surface area contributed by atoms with E-state index in [2.05, 4.69) is 0 Å². The number of aliphatic hydroxyl groups excluding tert-OH is 1. The van der Waals surface area contributed by atoms with Crippen LogP contribution >= 0.6 is 0 Å². The fourth-order valence-corrected chi connectivity index (χ4v) is 1.00. The summed E-state index contributed by atoms with van der Waals surface area (Å²) in [5, 5.41) is 9.14. The lowest BCUT2D eigenvalue weighted by Gasteiger charge is -2.22. The molecule has 0 bridgehead atoms. The van der Waals surface area contributed by atoms with Gasteiger partial charge in [-0.15, -0.1) is 0 Å². The normalized spacial score (nSPS) is 26.2. The van der Waals surface area contributed by atoms with Crippen LogP contribution < -0.4 is 5.73 Å². The average molecular weight is 159 g/mol. The Kier molecular flexibility index (Phi) is 2.52. The molecule has 11 heavy (non-hydrogen) atoms. The van der Waals surface area contributed by atoms with Crippen molar-refractivity contribution in [2.75, 3.05) is 6.54 Å². The zero-order valence-corrected chi connectivity index (χ0v) is 7.21. The predicted octanol–water partition coefficient (Wildman–Crippen LogP) is 0.264. The quantitative estimate of drug-likeness (QED) is 0.619. The van der Waals surface area contributed by atoms with Crippen molar-refractivity contribution < 1.29 is 9.84 Å². The van der Waals surface area contributed by atoms with E-state index >= 15 is 0 Å². The van der Waals surface area contributed by atoms with Gasteiger partial charge in [-0.25, -0.2) is 0 Å². The molecule has 2 atom stereocenters. The standard InChI is InChI=1S/C8H17NO2/c1-6(10)7(2)11-8(5-9)3-4-8/h6-7,10H,3-5,9H2,1-2H3. The van der Waals surface area contributed by atoms with E-state index in [1.165, 1.54) is 0 Å². The van der Waals surface area contributed by atoms with E-state index in [0.717, 1.165) is 12.8 Å². The van der Waals surface area contributed by atoms with Crippen molar-refractivity contribution in [3.8, 4) is 0 Å². The molecular formula is C8H17NO2. The lowest BCUT2D eigenvalue weighted by molar-refractivity contribution is -0.0705. The lowest BCUT2D eigenvalue weighted by Crippen LogP contribution is -2.34. The molecule has 0 radical (unpaired) electrons. The highest BCUT2D eigenvalue weighted by atomic mass is 16.5. The van der Waals surface area contributed by atoms with Gasteiger partial charge in [-0.05, 0) is 26.7 Å². The van der Waals surface area contributed by atoms with Gasteiger partial charge in [0.15, 0.2) is 0 Å². The van der Waals surface area contributed by atoms with E-state index in [9.17, 15) is 0 Å². The Morgan fingerprint density at radius 3 is 2.36 bits per heavy atom. The van der Waals surface area contributed by atoms with Crippen LogP contribution in [-0.2, 0) is 4.74 Å². The van der Waals surface area contributed by atoms with Crippen LogP contribution in [0.15, 0.2) is 0 Å². The molecule has 0 spiro atoms. The Morgan fingerprint density at radius 2 is 2.09 bits per heavy atom. The molecule has 3 N–H and O–H groups in total. The van der Waals surface area contributed by atoms with Crippen molar-refractivity contribution in [2.45, 2.75) is 44.5 Å². The van der Waals surface area contributed by atoms with E-state index in [4.69, 9.17) is 15.6 Å². The summed E-state index contributed by atoms with van der Waals surface area (Å²) in [6.45, 7) is 4.18. The molecule has 2 unspecified atom stereocenters. The molecular weight excluding hydrogens is 142 g/mol. The molecule has 3 heteroatoms. The first-order valence-electron chi connectivity index (χ1n) is 4.15. The van der Waals surface area contributed by atoms with Gasteiger partial charge in [-0.1, -0.05) is 0 Å². The molecule has 1 aliphatic rings. The summed E-state index contributed by atoms with van der Waals surface area (Å²) < 4.78 is 5.58. The summed E-state index contributed by atoms with van der Waals surface area (Å²) in [5.74, 6) is 0. The summed E-state index contributed by atoms with van der Waals surface area (Å²) in [7, 11) is 0. The van der Waals surface area contributed by atoms with Gasteiger partial charge in [0.1, 0.15) is 0 Å². The van der Waals surface area contributed by atoms with Crippen molar-refractivity contribution in [2.24, 2.45) is 5.73 Å². The second kappa shape index (κ2) is 3.09. The maximum absolute atomic E-state index is 9.14. The molecule has 0 heterocycles. The van der Waals surface area contributed by atoms with Crippen LogP contribution in [0.2, 0.25) is 0 Å². The largest absolute Gasteiger partial charge is 0.391 e. The number of ether oxygens (including phenoxy) is 1. The van der Waals surface area contributed by atoms with Crippen LogP contribution in [0.25, 0.3) is 0 Å². The van der Waals surface area contributed by atoms with Gasteiger partial charge >= 0.3 is 0 Å². The van der Waals surface area contributed by atoms with E-state index in [0.29, 0.717) is 6.54 Å². The monoisotopic (exact) mass is 159 g/mol. The summed E-state index contributed by atoms with van der Waals surface area (Å²) in [4.78, 5) is 0. The van der Waals surface area contributed by atoms with Crippen molar-refractivity contribution >= 4 is 0 Å². The zero-order valence-electron chi connectivity index (χ0n) is 7.21. The summed E-state index contributed by atoms with van der Waals surface area (Å²) in [5.41, 5.74) is 5.42. The van der Waals surface area contributed by atoms with E-state index in [1.807, 2.05) is 6.92 Å². The van der Waals surface area contributed by atoms with Gasteiger partial charge in [0.2, 0.25) is 0 Å². The molecule has 0 saturated heterocycles. The molecule has 0 aromatic heterocycles. The fraction of sp³-hybridized carbons (Fsp3) is 1.00. The Bertz CT molecular complexity index is 132. The first-order chi connectivity index (χ1) is 5.09. The molecule has 3 nitrogen and oxygen atoms in total. The molecule has 1 rings (SSSR count). The lowest BCUT2D eigenvalue weighted by atomic mass is 10.2. The molecule has 1 fully saturated rings. The number of hydrogen-bond donors (Lipinski definition) is 2. The number of hydrogen-bond acceptors (Lipinski definition) is 3. The Hall–Kier alpha value is -0.120. The maximum atomic E-state index is 9.14. The predicted molar refractivity (Wildman–Crippen MR) is 43.2 cm³/mol. The van der Waals surface area contributed by atoms with Crippen LogP contribution in [0.4, 0.5) is 0 Å². The zero-order chi connectivity index (χ0) is 8.48. The molecule has 0 aromatic carbocycles. The second-order valence-electron chi connectivity index (χ2n) is 3.45. The highest BCUT2D eigenvalue weighted by Crippen LogP contribution is 2.39. The minimum atomic E-state index is -0.404. The van der Waals surface area contributed by atoms with Crippen LogP contribution in [0.1, 0.15) is 26.7 Å². The number of rotatable bonds is 4. The van der Waals surface area contributed by atoms with Gasteiger partial charge in [0.05, 0.1) is 17.8 Å². The third-order valence-corrected chi connectivity index (χ3v) is 2.29. The summed E-state index contributed by atoms with van der Waals surface area (Å²) in [6, 6.07) is 0. The minimum absolute atomic E-state index is 0.0869. The van der Waals surface area contributed by atoms with Crippen LogP contribution in [0.3, 0.4) is 0 Å². The Labute approximate surface area is 67.5 Å². The molecule has 66 valence electrons. The highest BCUT2D eigenvalue weighted by molar-refractivity contribution is 4.97. The second-order valence-corrected chi connectivity index (χ2v) is 3.45. The molecule has 0 aliphatic heterocycles. The van der Waals surface area contributed by atoms with Crippen LogP contribution in [-0.4, -0.2) is 29.5 Å². The first-order valence-corrected chi connectivity index (χ1v) is 4.15. The third kappa shape index (κ3) is 2.15. The summed E-state index contributed by atoms with van der Waals surface area (Å²) in [6.07, 6.45) is 1.58. The molecule has 1 saturated carbocycles. The maximum Gasteiger partial charge on any atom is 0.0811 e. The summed E-state index contributed by atoms with van der Waals surface area (Å²) >= 11 is 0. The van der Waals surface area contributed by atoms with Gasteiger partial charge in [-0.3, -0.25) is 0 Å². The highest BCUT2D eigenvalue weighted by Gasteiger charge is 2.44. The Balaban J connectivity index is 2.30. The van der Waals surface area contributed by atoms with Crippen LogP contribution in [0.5, 0.6) is 0 Å². The van der Waals surface area contributed by atoms with Gasteiger partial charge in [-0.2, -0.15) is 0 Å². The molecule has 1 aliphatic carbocycles. The van der Waals surface area contributed by atoms with Crippen molar-refractivity contribution in [1.29, 1.82) is 0 Å². The van der Waals surface area contributed by atoms with Crippen molar-refractivity contribution in [1.82, 2.24) is 0 Å². The van der Waals surface area contributed by atoms with Gasteiger partial charge in [0.25, 0.3) is 0 Å². The average Bonchev–Trinajstić information content (AvgIpc) is 2.69. The van der Waals surface area contributed by atoms with E-state index in [1.54, 1.807) is 6.92 Å². The van der Waals surface area contributed by atoms with Gasteiger partial charge < -0.3 is 15.6 Å². The topological polar surface area (TPSA) is 55.5 Å². The van der Waals surface area contributed by atoms with Crippen molar-refractivity contribution in [3.63, 3.8) is 0 Å². The smallest absolute Gasteiger partial charge is 0.0811 e. The number of aliphatic hydroxyl groups is 1. The SMILES string of the molecule is CC(O)C(C)OC1(CN)CC1. The minimum Gasteiger partial charge on any atom is -0.391 e. The van der Waals surface area contributed by atoms with Crippen LogP contribution in [0, 0.1) is 0 Å².